The first-order chi connectivity index (χ1) is 16.2. The number of anilines is 1. The van der Waals surface area contributed by atoms with Crippen LogP contribution in [0.1, 0.15) is 72.7 Å². The number of aryl methyl sites for hydroxylation is 2. The lowest BCUT2D eigenvalue weighted by Gasteiger charge is -2.37. The molecule has 1 aromatic carbocycles. The largest absolute Gasteiger partial charge is 0.352 e. The van der Waals surface area contributed by atoms with Gasteiger partial charge in [-0.25, -0.2) is 9.97 Å². The Balaban J connectivity index is 1.26. The highest BCUT2D eigenvalue weighted by molar-refractivity contribution is 7.19. The first-order valence-electron chi connectivity index (χ1n) is 12.6. The standard InChI is InChI=1S/C27H32N4OS/c1-2-20(18-8-4-3-5-9-18)27(32)31-16-14-30(15-17-31)25-23-21-10-6-7-11-22(21)33-26(23)29-24(28-25)19-12-13-19/h3-5,8-9,19-20H,2,6-7,10-17H2,1H3/t20-/m0/s1. The van der Waals surface area contributed by atoms with Crippen LogP contribution in [0.4, 0.5) is 5.82 Å². The summed E-state index contributed by atoms with van der Waals surface area (Å²) >= 11 is 1.90. The number of piperazine rings is 1. The molecule has 2 aliphatic carbocycles. The summed E-state index contributed by atoms with van der Waals surface area (Å²) in [5, 5.41) is 1.31. The Kier molecular flexibility index (Phi) is 5.57. The predicted octanol–water partition coefficient (Wildman–Crippen LogP) is 5.29. The average molecular weight is 461 g/mol. The van der Waals surface area contributed by atoms with Gasteiger partial charge in [-0.1, -0.05) is 37.3 Å². The summed E-state index contributed by atoms with van der Waals surface area (Å²) in [7, 11) is 0. The Bertz CT molecular complexity index is 1160. The number of fused-ring (bicyclic) bond motifs is 3. The Morgan fingerprint density at radius 1 is 1.06 bits per heavy atom. The van der Waals surface area contributed by atoms with Crippen molar-refractivity contribution >= 4 is 33.3 Å². The van der Waals surface area contributed by atoms with Crippen molar-refractivity contribution in [3.8, 4) is 0 Å². The molecule has 1 saturated heterocycles. The number of carbonyl (C=O) groups is 1. The van der Waals surface area contributed by atoms with Crippen molar-refractivity contribution in [1.82, 2.24) is 14.9 Å². The minimum Gasteiger partial charge on any atom is -0.352 e. The molecule has 0 N–H and O–H groups in total. The van der Waals surface area contributed by atoms with Gasteiger partial charge >= 0.3 is 0 Å². The maximum atomic E-state index is 13.4. The fourth-order valence-electron chi connectivity index (χ4n) is 5.50. The minimum absolute atomic E-state index is 0.0473. The summed E-state index contributed by atoms with van der Waals surface area (Å²) in [4.78, 5) is 30.8. The Morgan fingerprint density at radius 3 is 2.55 bits per heavy atom. The molecule has 0 unspecified atom stereocenters. The molecule has 3 aliphatic rings. The van der Waals surface area contributed by atoms with Gasteiger partial charge in [0.05, 0.1) is 11.3 Å². The van der Waals surface area contributed by atoms with E-state index in [1.807, 2.05) is 29.5 Å². The number of rotatable bonds is 5. The molecule has 0 bridgehead atoms. The van der Waals surface area contributed by atoms with Gasteiger partial charge in [-0.05, 0) is 56.1 Å². The second-order valence-electron chi connectivity index (χ2n) is 9.75. The van der Waals surface area contributed by atoms with E-state index in [2.05, 4.69) is 28.9 Å². The van der Waals surface area contributed by atoms with Crippen molar-refractivity contribution in [2.45, 2.75) is 63.7 Å². The highest BCUT2D eigenvalue weighted by Crippen LogP contribution is 2.44. The maximum Gasteiger partial charge on any atom is 0.230 e. The van der Waals surface area contributed by atoms with Crippen LogP contribution in [0.3, 0.4) is 0 Å². The summed E-state index contributed by atoms with van der Waals surface area (Å²) in [6.07, 6.45) is 8.17. The van der Waals surface area contributed by atoms with Crippen LogP contribution in [-0.2, 0) is 17.6 Å². The molecule has 6 rings (SSSR count). The molecule has 2 aromatic heterocycles. The van der Waals surface area contributed by atoms with Crippen LogP contribution in [0.25, 0.3) is 10.2 Å². The molecule has 0 spiro atoms. The van der Waals surface area contributed by atoms with Gasteiger partial charge in [-0.15, -0.1) is 11.3 Å². The average Bonchev–Trinajstić information content (AvgIpc) is 3.65. The number of thiophene rings is 1. The van der Waals surface area contributed by atoms with E-state index < -0.39 is 0 Å². The highest BCUT2D eigenvalue weighted by atomic mass is 32.1. The number of amides is 1. The second kappa shape index (κ2) is 8.71. The molecule has 1 atom stereocenters. The van der Waals surface area contributed by atoms with Gasteiger partial charge in [-0.3, -0.25) is 4.79 Å². The Hall–Kier alpha value is -2.47. The molecule has 33 heavy (non-hydrogen) atoms. The molecule has 2 fully saturated rings. The third-order valence-corrected chi connectivity index (χ3v) is 8.74. The molecule has 6 heteroatoms. The lowest BCUT2D eigenvalue weighted by atomic mass is 9.94. The number of carbonyl (C=O) groups excluding carboxylic acids is 1. The fraction of sp³-hybridized carbons (Fsp3) is 0.519. The Labute approximate surface area is 199 Å². The molecule has 0 radical (unpaired) electrons. The molecule has 172 valence electrons. The minimum atomic E-state index is -0.0473. The zero-order chi connectivity index (χ0) is 22.4. The second-order valence-corrected chi connectivity index (χ2v) is 10.8. The van der Waals surface area contributed by atoms with Crippen LogP contribution in [0, 0.1) is 0 Å². The molecule has 3 heterocycles. The third-order valence-electron chi connectivity index (χ3n) is 7.55. The normalized spacial score (nSPS) is 19.5. The summed E-state index contributed by atoms with van der Waals surface area (Å²) in [5.41, 5.74) is 2.64. The smallest absolute Gasteiger partial charge is 0.230 e. The number of benzene rings is 1. The van der Waals surface area contributed by atoms with Crippen LogP contribution in [-0.4, -0.2) is 47.0 Å². The summed E-state index contributed by atoms with van der Waals surface area (Å²) < 4.78 is 0. The van der Waals surface area contributed by atoms with E-state index in [0.29, 0.717) is 5.92 Å². The van der Waals surface area contributed by atoms with Crippen LogP contribution in [0.2, 0.25) is 0 Å². The molecule has 1 aliphatic heterocycles. The topological polar surface area (TPSA) is 49.3 Å². The maximum absolute atomic E-state index is 13.4. The molecule has 3 aromatic rings. The van der Waals surface area contributed by atoms with Gasteiger partial charge in [0.15, 0.2) is 0 Å². The number of hydrogen-bond donors (Lipinski definition) is 0. The third kappa shape index (κ3) is 3.92. The van der Waals surface area contributed by atoms with Crippen molar-refractivity contribution in [3.05, 3.63) is 52.2 Å². The van der Waals surface area contributed by atoms with Crippen molar-refractivity contribution in [3.63, 3.8) is 0 Å². The SMILES string of the molecule is CC[C@H](C(=O)N1CCN(c2nc(C3CC3)nc3sc4c(c23)CCCC4)CC1)c1ccccc1. The molecular weight excluding hydrogens is 428 g/mol. The van der Waals surface area contributed by atoms with Crippen LogP contribution in [0.15, 0.2) is 30.3 Å². The monoisotopic (exact) mass is 460 g/mol. The molecule has 1 saturated carbocycles. The van der Waals surface area contributed by atoms with Gasteiger partial charge < -0.3 is 9.80 Å². The molecule has 5 nitrogen and oxygen atoms in total. The van der Waals surface area contributed by atoms with E-state index in [-0.39, 0.29) is 11.8 Å². The van der Waals surface area contributed by atoms with Crippen molar-refractivity contribution in [1.29, 1.82) is 0 Å². The van der Waals surface area contributed by atoms with Crippen LogP contribution >= 0.6 is 11.3 Å². The van der Waals surface area contributed by atoms with Gasteiger partial charge in [0, 0.05) is 37.0 Å². The lowest BCUT2D eigenvalue weighted by molar-refractivity contribution is -0.133. The van der Waals surface area contributed by atoms with E-state index in [9.17, 15) is 4.79 Å². The first-order valence-corrected chi connectivity index (χ1v) is 13.5. The van der Waals surface area contributed by atoms with Gasteiger partial charge in [-0.2, -0.15) is 0 Å². The van der Waals surface area contributed by atoms with Crippen molar-refractivity contribution in [2.24, 2.45) is 0 Å². The van der Waals surface area contributed by atoms with E-state index in [0.717, 1.165) is 56.2 Å². The zero-order valence-electron chi connectivity index (χ0n) is 19.4. The van der Waals surface area contributed by atoms with E-state index in [1.165, 1.54) is 52.8 Å². The number of aromatic nitrogens is 2. The summed E-state index contributed by atoms with van der Waals surface area (Å²) in [6, 6.07) is 10.2. The van der Waals surface area contributed by atoms with Crippen LogP contribution < -0.4 is 4.90 Å². The lowest BCUT2D eigenvalue weighted by Crippen LogP contribution is -2.50. The van der Waals surface area contributed by atoms with Gasteiger partial charge in [0.1, 0.15) is 16.5 Å². The van der Waals surface area contributed by atoms with Crippen molar-refractivity contribution in [2.75, 3.05) is 31.1 Å². The number of nitrogens with zero attached hydrogens (tertiary/aromatic N) is 4. The molecule has 1 amide bonds. The van der Waals surface area contributed by atoms with E-state index in [4.69, 9.17) is 9.97 Å². The summed E-state index contributed by atoms with van der Waals surface area (Å²) in [5.74, 6) is 2.95. The van der Waals surface area contributed by atoms with Crippen LogP contribution in [0.5, 0.6) is 0 Å². The van der Waals surface area contributed by atoms with E-state index in [1.54, 1.807) is 0 Å². The molecular formula is C27H32N4OS. The first kappa shape index (κ1) is 21.1. The predicted molar refractivity (Wildman–Crippen MR) is 134 cm³/mol. The van der Waals surface area contributed by atoms with Gasteiger partial charge in [0.25, 0.3) is 0 Å². The van der Waals surface area contributed by atoms with Gasteiger partial charge in [0.2, 0.25) is 5.91 Å². The quantitative estimate of drug-likeness (QED) is 0.519. The fourth-order valence-corrected chi connectivity index (χ4v) is 6.77. The van der Waals surface area contributed by atoms with E-state index >= 15 is 0 Å². The van der Waals surface area contributed by atoms with Crippen molar-refractivity contribution < 1.29 is 4.79 Å². The Morgan fingerprint density at radius 2 is 1.82 bits per heavy atom. The summed E-state index contributed by atoms with van der Waals surface area (Å²) in [6.45, 7) is 5.33. The number of hydrogen-bond acceptors (Lipinski definition) is 5. The zero-order valence-corrected chi connectivity index (χ0v) is 20.2. The highest BCUT2D eigenvalue weighted by Gasteiger charge is 2.33.